The van der Waals surface area contributed by atoms with Gasteiger partial charge >= 0.3 is 0 Å². The average Bonchev–Trinajstić information content (AvgIpc) is 3.67. The first-order valence-electron chi connectivity index (χ1n) is 18.0. The van der Waals surface area contributed by atoms with Gasteiger partial charge in [-0.15, -0.1) is 0 Å². The summed E-state index contributed by atoms with van der Waals surface area (Å²) in [4.78, 5) is 10.4. The molecule has 11 aromatic rings. The Morgan fingerprint density at radius 2 is 0.943 bits per heavy atom. The van der Waals surface area contributed by atoms with E-state index in [0.29, 0.717) is 0 Å². The van der Waals surface area contributed by atoms with Gasteiger partial charge in [0.2, 0.25) is 0 Å². The van der Waals surface area contributed by atoms with Crippen molar-refractivity contribution in [2.75, 3.05) is 0 Å². The third-order valence-corrected chi connectivity index (χ3v) is 11.7. The van der Waals surface area contributed by atoms with Gasteiger partial charge in [0, 0.05) is 11.8 Å². The van der Waals surface area contributed by atoms with Crippen molar-refractivity contribution in [3.05, 3.63) is 182 Å². The summed E-state index contributed by atoms with van der Waals surface area (Å²) < 4.78 is 0. The first-order chi connectivity index (χ1) is 26.3. The zero-order valence-electron chi connectivity index (χ0n) is 28.6. The predicted octanol–water partition coefficient (Wildman–Crippen LogP) is 14.1. The van der Waals surface area contributed by atoms with Crippen LogP contribution in [0.25, 0.3) is 108 Å². The van der Waals surface area contributed by atoms with E-state index in [1.165, 1.54) is 81.7 Å². The van der Waals surface area contributed by atoms with E-state index in [9.17, 15) is 0 Å². The van der Waals surface area contributed by atoms with Crippen LogP contribution in [0.1, 0.15) is 0 Å². The summed E-state index contributed by atoms with van der Waals surface area (Å²) in [6.07, 6.45) is 1.84. The van der Waals surface area contributed by atoms with Crippen molar-refractivity contribution in [1.29, 1.82) is 0 Å². The Hall–Kier alpha value is -6.68. The topological polar surface area (TPSA) is 25.8 Å². The first kappa shape index (κ1) is 30.0. The van der Waals surface area contributed by atoms with Crippen molar-refractivity contribution >= 4 is 75.5 Å². The van der Waals surface area contributed by atoms with Gasteiger partial charge in [-0.25, -0.2) is 9.97 Å². The number of hydrogen-bond donors (Lipinski definition) is 0. The SMILES string of the molecule is c1cc(-c2ccc3c(-c4c5ccccc5cc5ccccc45)c4ccccc4c(-c4ccc5ccccc5c4)c3c2)cc(-c2nc3cccnc3s2)c1. The van der Waals surface area contributed by atoms with Crippen LogP contribution < -0.4 is 0 Å². The van der Waals surface area contributed by atoms with Crippen molar-refractivity contribution in [2.24, 2.45) is 0 Å². The molecule has 0 aliphatic heterocycles. The molecule has 0 spiro atoms. The number of thiazole rings is 1. The van der Waals surface area contributed by atoms with Gasteiger partial charge in [-0.05, 0) is 124 Å². The monoisotopic (exact) mass is 690 g/mol. The van der Waals surface area contributed by atoms with Crippen LogP contribution in [0, 0.1) is 0 Å². The molecular formula is C50H30N2S. The maximum Gasteiger partial charge on any atom is 0.143 e. The van der Waals surface area contributed by atoms with E-state index in [1.54, 1.807) is 11.3 Å². The number of benzene rings is 9. The Bertz CT molecular complexity index is 3160. The molecule has 2 nitrogen and oxygen atoms in total. The minimum Gasteiger partial charge on any atom is -0.244 e. The summed E-state index contributed by atoms with van der Waals surface area (Å²) in [7, 11) is 0. The van der Waals surface area contributed by atoms with Crippen molar-refractivity contribution in [2.45, 2.75) is 0 Å². The molecule has 9 aromatic carbocycles. The minimum atomic E-state index is 0.934. The second kappa shape index (κ2) is 11.9. The smallest absolute Gasteiger partial charge is 0.143 e. The van der Waals surface area contributed by atoms with Crippen LogP contribution in [0.2, 0.25) is 0 Å². The third kappa shape index (κ3) is 4.86. The van der Waals surface area contributed by atoms with Gasteiger partial charge in [0.15, 0.2) is 0 Å². The number of rotatable bonds is 4. The summed E-state index contributed by atoms with van der Waals surface area (Å²) in [5, 5.41) is 13.5. The minimum absolute atomic E-state index is 0.934. The molecule has 11 rings (SSSR count). The lowest BCUT2D eigenvalue weighted by molar-refractivity contribution is 1.41. The van der Waals surface area contributed by atoms with Gasteiger partial charge in [0.25, 0.3) is 0 Å². The molecule has 0 unspecified atom stereocenters. The van der Waals surface area contributed by atoms with Gasteiger partial charge in [0.1, 0.15) is 15.4 Å². The van der Waals surface area contributed by atoms with Crippen molar-refractivity contribution in [1.82, 2.24) is 9.97 Å². The van der Waals surface area contributed by atoms with Crippen LogP contribution in [0.15, 0.2) is 182 Å². The fraction of sp³-hybridized carbons (Fsp3) is 0. The predicted molar refractivity (Wildman–Crippen MR) is 227 cm³/mol. The fourth-order valence-corrected chi connectivity index (χ4v) is 9.20. The van der Waals surface area contributed by atoms with Crippen LogP contribution in [0.4, 0.5) is 0 Å². The van der Waals surface area contributed by atoms with Crippen LogP contribution in [-0.2, 0) is 0 Å². The van der Waals surface area contributed by atoms with Crippen LogP contribution in [-0.4, -0.2) is 9.97 Å². The molecule has 246 valence electrons. The molecule has 0 saturated heterocycles. The molecule has 0 fully saturated rings. The third-order valence-electron chi connectivity index (χ3n) is 10.7. The molecule has 0 atom stereocenters. The molecule has 2 aromatic heterocycles. The number of aromatic nitrogens is 2. The number of nitrogens with zero attached hydrogens (tertiary/aromatic N) is 2. The normalized spacial score (nSPS) is 11.8. The first-order valence-corrected chi connectivity index (χ1v) is 18.8. The summed E-state index contributed by atoms with van der Waals surface area (Å²) >= 11 is 1.64. The van der Waals surface area contributed by atoms with Gasteiger partial charge in [-0.1, -0.05) is 151 Å². The molecule has 0 N–H and O–H groups in total. The Kier molecular flexibility index (Phi) is 6.76. The highest BCUT2D eigenvalue weighted by Crippen LogP contribution is 2.48. The fourth-order valence-electron chi connectivity index (χ4n) is 8.29. The zero-order chi connectivity index (χ0) is 34.9. The standard InChI is InChI=1S/C50H30N2S/c1-2-12-32-27-37(23-22-31(32)11-1)46-41-19-7-8-20-42(41)48(47-39-17-5-3-13-35(39)29-36-14-4-6-18-40(36)47)43-25-24-34(30-44(43)46)33-15-9-16-38(28-33)49-52-45-21-10-26-51-50(45)53-49/h1-30H. The van der Waals surface area contributed by atoms with Gasteiger partial charge in [-0.2, -0.15) is 0 Å². The molecule has 0 aliphatic carbocycles. The van der Waals surface area contributed by atoms with E-state index in [1.807, 2.05) is 18.3 Å². The number of hydrogen-bond acceptors (Lipinski definition) is 3. The Morgan fingerprint density at radius 1 is 0.340 bits per heavy atom. The van der Waals surface area contributed by atoms with Gasteiger partial charge < -0.3 is 0 Å². The molecule has 53 heavy (non-hydrogen) atoms. The maximum absolute atomic E-state index is 4.93. The highest BCUT2D eigenvalue weighted by molar-refractivity contribution is 7.21. The van der Waals surface area contributed by atoms with E-state index in [0.717, 1.165) is 26.5 Å². The van der Waals surface area contributed by atoms with Crippen LogP contribution in [0.3, 0.4) is 0 Å². The quantitative estimate of drug-likeness (QED) is 0.172. The number of pyridine rings is 1. The second-order valence-electron chi connectivity index (χ2n) is 13.7. The molecule has 3 heteroatoms. The lowest BCUT2D eigenvalue weighted by atomic mass is 9.82. The van der Waals surface area contributed by atoms with Crippen molar-refractivity contribution in [3.63, 3.8) is 0 Å². The van der Waals surface area contributed by atoms with Crippen molar-refractivity contribution in [3.8, 4) is 44.0 Å². The zero-order valence-corrected chi connectivity index (χ0v) is 29.4. The van der Waals surface area contributed by atoms with E-state index in [2.05, 4.69) is 169 Å². The molecule has 0 bridgehead atoms. The Balaban J connectivity index is 1.24. The average molecular weight is 691 g/mol. The van der Waals surface area contributed by atoms with E-state index < -0.39 is 0 Å². The number of fused-ring (bicyclic) bond motifs is 6. The lowest BCUT2D eigenvalue weighted by Gasteiger charge is -2.21. The van der Waals surface area contributed by atoms with Gasteiger partial charge in [-0.3, -0.25) is 0 Å². The Labute approximate surface area is 310 Å². The van der Waals surface area contributed by atoms with E-state index >= 15 is 0 Å². The van der Waals surface area contributed by atoms with Crippen molar-refractivity contribution < 1.29 is 0 Å². The van der Waals surface area contributed by atoms with Crippen LogP contribution in [0.5, 0.6) is 0 Å². The molecule has 0 saturated carbocycles. The molecule has 2 heterocycles. The maximum atomic E-state index is 4.93. The summed E-state index contributed by atoms with van der Waals surface area (Å²) in [5.41, 5.74) is 9.39. The molecule has 0 aliphatic rings. The summed E-state index contributed by atoms with van der Waals surface area (Å²) in [6.45, 7) is 0. The summed E-state index contributed by atoms with van der Waals surface area (Å²) in [5.74, 6) is 0. The molecule has 0 radical (unpaired) electrons. The van der Waals surface area contributed by atoms with Gasteiger partial charge in [0.05, 0.1) is 0 Å². The largest absolute Gasteiger partial charge is 0.244 e. The van der Waals surface area contributed by atoms with E-state index in [4.69, 9.17) is 4.98 Å². The van der Waals surface area contributed by atoms with E-state index in [-0.39, 0.29) is 0 Å². The summed E-state index contributed by atoms with van der Waals surface area (Å²) in [6, 6.07) is 64.4. The molecular weight excluding hydrogens is 661 g/mol. The van der Waals surface area contributed by atoms with Crippen LogP contribution >= 0.6 is 11.3 Å². The Morgan fingerprint density at radius 3 is 1.72 bits per heavy atom. The lowest BCUT2D eigenvalue weighted by Crippen LogP contribution is -1.94. The molecule has 0 amide bonds. The highest BCUT2D eigenvalue weighted by Gasteiger charge is 2.21. The highest BCUT2D eigenvalue weighted by atomic mass is 32.1. The second-order valence-corrected chi connectivity index (χ2v) is 14.7.